The summed E-state index contributed by atoms with van der Waals surface area (Å²) in [5.74, 6) is 0.0325. The van der Waals surface area contributed by atoms with E-state index in [0.717, 1.165) is 12.0 Å². The Hall–Kier alpha value is -1.12. The number of hydrogen-bond acceptors (Lipinski definition) is 3. The molecule has 0 spiro atoms. The van der Waals surface area contributed by atoms with Gasteiger partial charge in [-0.25, -0.2) is 0 Å². The van der Waals surface area contributed by atoms with Gasteiger partial charge in [-0.05, 0) is 0 Å². The minimum absolute atomic E-state index is 0.0325. The fourth-order valence-corrected chi connectivity index (χ4v) is 0.721. The number of aldehydes is 1. The molecule has 1 atom stereocenters. The normalized spacial score (nSPS) is 12.9. The van der Waals surface area contributed by atoms with Crippen molar-refractivity contribution in [2.75, 3.05) is 0 Å². The van der Waals surface area contributed by atoms with Gasteiger partial charge in [-0.15, -0.1) is 0 Å². The lowest BCUT2D eigenvalue weighted by Gasteiger charge is -1.95. The minimum Gasteiger partial charge on any atom is -0.365 e. The van der Waals surface area contributed by atoms with Gasteiger partial charge in [-0.2, -0.15) is 0 Å². The maximum atomic E-state index is 10.2. The third kappa shape index (κ3) is 1.69. The van der Waals surface area contributed by atoms with Crippen molar-refractivity contribution >= 4 is 6.29 Å². The standard InChI is InChI=1S/C7H9NO2/c1-6(5-9)4-7-2-3-10-8-7/h2-3,5-6H,4H2,1H3. The molecule has 0 aliphatic rings. The summed E-state index contributed by atoms with van der Waals surface area (Å²) in [6.07, 6.45) is 3.08. The number of nitrogens with zero attached hydrogens (tertiary/aromatic N) is 1. The Bertz CT molecular complexity index is 193. The molecule has 0 aliphatic heterocycles. The zero-order chi connectivity index (χ0) is 7.40. The number of carbonyl (C=O) groups excluding carboxylic acids is 1. The van der Waals surface area contributed by atoms with Gasteiger partial charge in [0.05, 0.1) is 5.69 Å². The van der Waals surface area contributed by atoms with Crippen molar-refractivity contribution in [2.24, 2.45) is 5.92 Å². The zero-order valence-corrected chi connectivity index (χ0v) is 5.78. The van der Waals surface area contributed by atoms with Gasteiger partial charge < -0.3 is 9.32 Å². The summed E-state index contributed by atoms with van der Waals surface area (Å²) in [4.78, 5) is 10.2. The maximum Gasteiger partial charge on any atom is 0.124 e. The molecule has 1 unspecified atom stereocenters. The van der Waals surface area contributed by atoms with E-state index in [1.807, 2.05) is 6.92 Å². The molecule has 1 aromatic heterocycles. The van der Waals surface area contributed by atoms with Crippen LogP contribution in [-0.4, -0.2) is 11.4 Å². The predicted octanol–water partition coefficient (Wildman–Crippen LogP) is 1.05. The van der Waals surface area contributed by atoms with Gasteiger partial charge in [-0.3, -0.25) is 0 Å². The lowest BCUT2D eigenvalue weighted by Crippen LogP contribution is -2.00. The molecule has 0 bridgehead atoms. The quantitative estimate of drug-likeness (QED) is 0.588. The van der Waals surface area contributed by atoms with Crippen LogP contribution in [-0.2, 0) is 11.2 Å². The van der Waals surface area contributed by atoms with Crippen molar-refractivity contribution in [2.45, 2.75) is 13.3 Å². The molecule has 0 amide bonds. The van der Waals surface area contributed by atoms with E-state index in [9.17, 15) is 4.79 Å². The number of aromatic nitrogens is 1. The lowest BCUT2D eigenvalue weighted by molar-refractivity contribution is -0.110. The molecule has 0 saturated heterocycles. The highest BCUT2D eigenvalue weighted by atomic mass is 16.5. The molecule has 1 heterocycles. The monoisotopic (exact) mass is 139 g/mol. The Morgan fingerprint density at radius 2 is 2.70 bits per heavy atom. The summed E-state index contributed by atoms with van der Waals surface area (Å²) in [5, 5.41) is 3.67. The molecule has 10 heavy (non-hydrogen) atoms. The minimum atomic E-state index is 0.0325. The van der Waals surface area contributed by atoms with Gasteiger partial charge >= 0.3 is 0 Å². The van der Waals surface area contributed by atoms with E-state index in [0.29, 0.717) is 6.42 Å². The molecule has 3 nitrogen and oxygen atoms in total. The van der Waals surface area contributed by atoms with Gasteiger partial charge in [-0.1, -0.05) is 12.1 Å². The fourth-order valence-electron chi connectivity index (χ4n) is 0.721. The Morgan fingerprint density at radius 3 is 3.20 bits per heavy atom. The van der Waals surface area contributed by atoms with E-state index in [1.165, 1.54) is 6.26 Å². The number of carbonyl (C=O) groups is 1. The van der Waals surface area contributed by atoms with E-state index in [1.54, 1.807) is 6.07 Å². The molecule has 1 rings (SSSR count). The van der Waals surface area contributed by atoms with E-state index < -0.39 is 0 Å². The highest BCUT2D eigenvalue weighted by Gasteiger charge is 2.02. The highest BCUT2D eigenvalue weighted by Crippen LogP contribution is 2.02. The van der Waals surface area contributed by atoms with Crippen LogP contribution in [0, 0.1) is 5.92 Å². The van der Waals surface area contributed by atoms with Crippen LogP contribution < -0.4 is 0 Å². The van der Waals surface area contributed by atoms with Gasteiger partial charge in [0.2, 0.25) is 0 Å². The predicted molar refractivity (Wildman–Crippen MR) is 35.4 cm³/mol. The average Bonchev–Trinajstić information content (AvgIpc) is 2.40. The van der Waals surface area contributed by atoms with Crippen molar-refractivity contribution in [3.63, 3.8) is 0 Å². The van der Waals surface area contributed by atoms with Crippen LogP contribution in [0.2, 0.25) is 0 Å². The second-order valence-corrected chi connectivity index (χ2v) is 2.31. The van der Waals surface area contributed by atoms with E-state index in [-0.39, 0.29) is 5.92 Å². The van der Waals surface area contributed by atoms with Gasteiger partial charge in [0.25, 0.3) is 0 Å². The van der Waals surface area contributed by atoms with E-state index in [2.05, 4.69) is 9.68 Å². The van der Waals surface area contributed by atoms with Crippen molar-refractivity contribution in [3.05, 3.63) is 18.0 Å². The highest BCUT2D eigenvalue weighted by molar-refractivity contribution is 5.53. The molecule has 0 fully saturated rings. The Labute approximate surface area is 59.0 Å². The van der Waals surface area contributed by atoms with Crippen LogP contribution >= 0.6 is 0 Å². The number of hydrogen-bond donors (Lipinski definition) is 0. The summed E-state index contributed by atoms with van der Waals surface area (Å²) in [6, 6.07) is 1.76. The largest absolute Gasteiger partial charge is 0.365 e. The second kappa shape index (κ2) is 3.15. The molecule has 3 heteroatoms. The topological polar surface area (TPSA) is 43.1 Å². The lowest BCUT2D eigenvalue weighted by atomic mass is 10.1. The third-order valence-corrected chi connectivity index (χ3v) is 1.25. The molecular formula is C7H9NO2. The average molecular weight is 139 g/mol. The molecule has 0 aliphatic carbocycles. The first-order chi connectivity index (χ1) is 4.83. The smallest absolute Gasteiger partial charge is 0.124 e. The number of rotatable bonds is 3. The second-order valence-electron chi connectivity index (χ2n) is 2.31. The van der Waals surface area contributed by atoms with Crippen molar-refractivity contribution in [1.29, 1.82) is 0 Å². The van der Waals surface area contributed by atoms with Crippen LogP contribution in [0.3, 0.4) is 0 Å². The summed E-state index contributed by atoms with van der Waals surface area (Å²) in [6.45, 7) is 1.85. The van der Waals surface area contributed by atoms with Gasteiger partial charge in [0.1, 0.15) is 12.5 Å². The summed E-state index contributed by atoms with van der Waals surface area (Å²) in [5.41, 5.74) is 0.833. The Kier molecular flexibility index (Phi) is 2.20. The first kappa shape index (κ1) is 6.99. The SMILES string of the molecule is CC(C=O)Cc1ccon1. The molecule has 54 valence electrons. The van der Waals surface area contributed by atoms with Crippen LogP contribution in [0.5, 0.6) is 0 Å². The summed E-state index contributed by atoms with van der Waals surface area (Å²) < 4.78 is 4.59. The Morgan fingerprint density at radius 1 is 1.90 bits per heavy atom. The van der Waals surface area contributed by atoms with E-state index in [4.69, 9.17) is 0 Å². The van der Waals surface area contributed by atoms with E-state index >= 15 is 0 Å². The molecule has 1 aromatic rings. The molecule has 0 saturated carbocycles. The molecule has 0 aromatic carbocycles. The van der Waals surface area contributed by atoms with Crippen LogP contribution in [0.15, 0.2) is 16.9 Å². The van der Waals surface area contributed by atoms with Crippen molar-refractivity contribution in [1.82, 2.24) is 5.16 Å². The van der Waals surface area contributed by atoms with Crippen LogP contribution in [0.4, 0.5) is 0 Å². The molecular weight excluding hydrogens is 130 g/mol. The first-order valence-corrected chi connectivity index (χ1v) is 3.17. The zero-order valence-electron chi connectivity index (χ0n) is 5.78. The molecule has 0 radical (unpaired) electrons. The summed E-state index contributed by atoms with van der Waals surface area (Å²) >= 11 is 0. The maximum absolute atomic E-state index is 10.2. The third-order valence-electron chi connectivity index (χ3n) is 1.25. The van der Waals surface area contributed by atoms with Gasteiger partial charge in [0.15, 0.2) is 0 Å². The van der Waals surface area contributed by atoms with Crippen molar-refractivity contribution in [3.8, 4) is 0 Å². The fraction of sp³-hybridized carbons (Fsp3) is 0.429. The summed E-state index contributed by atoms with van der Waals surface area (Å²) in [7, 11) is 0. The van der Waals surface area contributed by atoms with Crippen molar-refractivity contribution < 1.29 is 9.32 Å². The van der Waals surface area contributed by atoms with Crippen LogP contribution in [0.1, 0.15) is 12.6 Å². The van der Waals surface area contributed by atoms with Crippen LogP contribution in [0.25, 0.3) is 0 Å². The first-order valence-electron chi connectivity index (χ1n) is 3.17. The van der Waals surface area contributed by atoms with Gasteiger partial charge in [0, 0.05) is 18.4 Å². The Balaban J connectivity index is 2.47. The molecule has 0 N–H and O–H groups in total.